The Morgan fingerprint density at radius 3 is 2.68 bits per heavy atom. The number of aromatic nitrogens is 3. The first kappa shape index (κ1) is 19.5. The molecule has 1 amide bonds. The lowest BCUT2D eigenvalue weighted by Crippen LogP contribution is -2.24. The highest BCUT2D eigenvalue weighted by atomic mass is 35.5. The van der Waals surface area contributed by atoms with Gasteiger partial charge in [-0.3, -0.25) is 14.2 Å². The summed E-state index contributed by atoms with van der Waals surface area (Å²) in [5.74, 6) is -0.921. The molecule has 0 radical (unpaired) electrons. The Bertz CT molecular complexity index is 1360. The van der Waals surface area contributed by atoms with Crippen molar-refractivity contribution >= 4 is 34.2 Å². The Morgan fingerprint density at radius 1 is 1.19 bits per heavy atom. The van der Waals surface area contributed by atoms with Crippen molar-refractivity contribution in [2.75, 3.05) is 5.32 Å². The molecule has 0 aliphatic heterocycles. The molecule has 0 spiro atoms. The highest BCUT2D eigenvalue weighted by Gasteiger charge is 2.27. The fourth-order valence-corrected chi connectivity index (χ4v) is 3.87. The first-order valence-electron chi connectivity index (χ1n) is 9.91. The van der Waals surface area contributed by atoms with E-state index in [0.717, 1.165) is 24.0 Å². The number of carbonyl (C=O) groups excluding carboxylic acids is 1. The molecule has 1 fully saturated rings. The molecule has 0 atom stereocenters. The van der Waals surface area contributed by atoms with Gasteiger partial charge < -0.3 is 9.88 Å². The van der Waals surface area contributed by atoms with Crippen LogP contribution in [0.25, 0.3) is 22.2 Å². The quantitative estimate of drug-likeness (QED) is 0.496. The maximum Gasteiger partial charge on any atom is 0.278 e. The molecular formula is C23H18ClFN4O2. The molecule has 2 aromatic carbocycles. The van der Waals surface area contributed by atoms with E-state index in [1.807, 2.05) is 30.3 Å². The predicted octanol–water partition coefficient (Wildman–Crippen LogP) is 4.63. The fraction of sp³-hybridized carbons (Fsp3) is 0.174. The maximum atomic E-state index is 13.4. The molecule has 0 saturated heterocycles. The van der Waals surface area contributed by atoms with Crippen LogP contribution in [0.3, 0.4) is 0 Å². The van der Waals surface area contributed by atoms with Crippen LogP contribution >= 0.6 is 11.6 Å². The summed E-state index contributed by atoms with van der Waals surface area (Å²) in [7, 11) is 0. The van der Waals surface area contributed by atoms with E-state index in [1.54, 1.807) is 21.7 Å². The molecule has 0 unspecified atom stereocenters. The summed E-state index contributed by atoms with van der Waals surface area (Å²) in [6.07, 6.45) is 5.28. The summed E-state index contributed by atoms with van der Waals surface area (Å²) in [5, 5.41) is 2.62. The van der Waals surface area contributed by atoms with E-state index in [1.165, 1.54) is 18.2 Å². The zero-order chi connectivity index (χ0) is 21.5. The van der Waals surface area contributed by atoms with Crippen LogP contribution in [0.15, 0.2) is 65.8 Å². The molecule has 1 aliphatic rings. The summed E-state index contributed by atoms with van der Waals surface area (Å²) in [5.41, 5.74) is 2.87. The number of benzene rings is 2. The van der Waals surface area contributed by atoms with Crippen LogP contribution in [0.2, 0.25) is 5.02 Å². The third-order valence-electron chi connectivity index (χ3n) is 5.34. The summed E-state index contributed by atoms with van der Waals surface area (Å²) in [6, 6.07) is 13.8. The average Bonchev–Trinajstić information content (AvgIpc) is 3.53. The normalized spacial score (nSPS) is 13.5. The largest absolute Gasteiger partial charge is 0.332 e. The first-order valence-corrected chi connectivity index (χ1v) is 10.3. The molecule has 31 heavy (non-hydrogen) atoms. The molecule has 8 heteroatoms. The van der Waals surface area contributed by atoms with E-state index < -0.39 is 5.82 Å². The molecule has 1 aliphatic carbocycles. The minimum Gasteiger partial charge on any atom is -0.332 e. The number of carbonyl (C=O) groups is 1. The van der Waals surface area contributed by atoms with Crippen LogP contribution in [-0.2, 0) is 11.3 Å². The Labute approximate surface area is 181 Å². The van der Waals surface area contributed by atoms with Crippen molar-refractivity contribution < 1.29 is 9.18 Å². The second-order valence-corrected chi connectivity index (χ2v) is 8.01. The molecule has 0 bridgehead atoms. The lowest BCUT2D eigenvalue weighted by Gasteiger charge is -2.09. The van der Waals surface area contributed by atoms with E-state index in [9.17, 15) is 14.0 Å². The monoisotopic (exact) mass is 436 g/mol. The summed E-state index contributed by atoms with van der Waals surface area (Å²) in [6.45, 7) is -0.0933. The molecule has 1 saturated carbocycles. The zero-order valence-corrected chi connectivity index (χ0v) is 17.1. The van der Waals surface area contributed by atoms with Crippen LogP contribution in [-0.4, -0.2) is 20.0 Å². The number of hydrogen-bond donors (Lipinski definition) is 1. The third-order valence-corrected chi connectivity index (χ3v) is 5.63. The number of nitrogens with zero attached hydrogens (tertiary/aromatic N) is 3. The van der Waals surface area contributed by atoms with Crippen molar-refractivity contribution in [3.05, 3.63) is 82.2 Å². The third kappa shape index (κ3) is 3.72. The molecule has 2 heterocycles. The van der Waals surface area contributed by atoms with Gasteiger partial charge in [-0.1, -0.05) is 41.9 Å². The SMILES string of the molecule is O=C(Cn1cc(-c2ccccc2)c2ncn(C3CC3)c(=O)c21)Nc1ccc(F)c(Cl)c1. The highest BCUT2D eigenvalue weighted by Crippen LogP contribution is 2.34. The van der Waals surface area contributed by atoms with Crippen LogP contribution in [0.5, 0.6) is 0 Å². The van der Waals surface area contributed by atoms with E-state index in [4.69, 9.17) is 11.6 Å². The smallest absolute Gasteiger partial charge is 0.278 e. The van der Waals surface area contributed by atoms with Gasteiger partial charge in [0.25, 0.3) is 5.56 Å². The van der Waals surface area contributed by atoms with Crippen LogP contribution in [0.1, 0.15) is 18.9 Å². The van der Waals surface area contributed by atoms with Crippen LogP contribution < -0.4 is 10.9 Å². The molecule has 1 N–H and O–H groups in total. The van der Waals surface area contributed by atoms with Crippen molar-refractivity contribution in [3.63, 3.8) is 0 Å². The molecule has 2 aromatic heterocycles. The molecule has 156 valence electrons. The first-order chi connectivity index (χ1) is 15.0. The number of fused-ring (bicyclic) bond motifs is 1. The van der Waals surface area contributed by atoms with Gasteiger partial charge in [0.15, 0.2) is 0 Å². The van der Waals surface area contributed by atoms with Gasteiger partial charge >= 0.3 is 0 Å². The van der Waals surface area contributed by atoms with Gasteiger partial charge in [-0.05, 0) is 36.6 Å². The molecular weight excluding hydrogens is 419 g/mol. The number of amides is 1. The Morgan fingerprint density at radius 2 is 1.97 bits per heavy atom. The zero-order valence-electron chi connectivity index (χ0n) is 16.4. The fourth-order valence-electron chi connectivity index (χ4n) is 3.69. The van der Waals surface area contributed by atoms with Gasteiger partial charge in [0, 0.05) is 23.5 Å². The second-order valence-electron chi connectivity index (χ2n) is 7.60. The molecule has 6 nitrogen and oxygen atoms in total. The average molecular weight is 437 g/mol. The summed E-state index contributed by atoms with van der Waals surface area (Å²) < 4.78 is 16.7. The van der Waals surface area contributed by atoms with Crippen molar-refractivity contribution in [1.82, 2.24) is 14.1 Å². The highest BCUT2D eigenvalue weighted by molar-refractivity contribution is 6.31. The summed E-state index contributed by atoms with van der Waals surface area (Å²) >= 11 is 5.80. The van der Waals surface area contributed by atoms with E-state index >= 15 is 0 Å². The van der Waals surface area contributed by atoms with Crippen LogP contribution in [0, 0.1) is 5.82 Å². The van der Waals surface area contributed by atoms with E-state index in [0.29, 0.717) is 16.7 Å². The van der Waals surface area contributed by atoms with Gasteiger partial charge in [-0.25, -0.2) is 9.37 Å². The Kier molecular flexibility index (Phi) is 4.82. The van der Waals surface area contributed by atoms with Crippen molar-refractivity contribution in [2.45, 2.75) is 25.4 Å². The van der Waals surface area contributed by atoms with Gasteiger partial charge in [0.2, 0.25) is 5.91 Å². The van der Waals surface area contributed by atoms with Crippen LogP contribution in [0.4, 0.5) is 10.1 Å². The van der Waals surface area contributed by atoms with Gasteiger partial charge in [-0.15, -0.1) is 0 Å². The minimum atomic E-state index is -0.560. The van der Waals surface area contributed by atoms with E-state index in [2.05, 4.69) is 10.3 Å². The number of halogens is 2. The van der Waals surface area contributed by atoms with Gasteiger partial charge in [0.05, 0.1) is 11.3 Å². The topological polar surface area (TPSA) is 68.9 Å². The predicted molar refractivity (Wildman–Crippen MR) is 118 cm³/mol. The number of hydrogen-bond acceptors (Lipinski definition) is 3. The van der Waals surface area contributed by atoms with Gasteiger partial charge in [-0.2, -0.15) is 0 Å². The Hall–Kier alpha value is -3.45. The molecule has 4 aromatic rings. The molecule has 5 rings (SSSR count). The standard InChI is InChI=1S/C23H18ClFN4O2/c24-18-10-15(6-9-19(18)25)27-20(30)12-28-11-17(14-4-2-1-3-5-14)21-22(28)23(31)29(13-26-21)16-7-8-16/h1-6,9-11,13,16H,7-8,12H2,(H,27,30). The van der Waals surface area contributed by atoms with Gasteiger partial charge in [0.1, 0.15) is 23.4 Å². The lowest BCUT2D eigenvalue weighted by atomic mass is 10.1. The minimum absolute atomic E-state index is 0.0768. The Balaban J connectivity index is 1.55. The van der Waals surface area contributed by atoms with Crippen molar-refractivity contribution in [2.24, 2.45) is 0 Å². The maximum absolute atomic E-state index is 13.4. The number of anilines is 1. The number of rotatable bonds is 5. The number of nitrogens with one attached hydrogen (secondary N) is 1. The van der Waals surface area contributed by atoms with E-state index in [-0.39, 0.29) is 29.1 Å². The van der Waals surface area contributed by atoms with Crippen molar-refractivity contribution in [1.29, 1.82) is 0 Å². The summed E-state index contributed by atoms with van der Waals surface area (Å²) in [4.78, 5) is 30.5. The second kappa shape index (κ2) is 7.67. The van der Waals surface area contributed by atoms with Crippen molar-refractivity contribution in [3.8, 4) is 11.1 Å². The lowest BCUT2D eigenvalue weighted by molar-refractivity contribution is -0.116.